The van der Waals surface area contributed by atoms with Crippen molar-refractivity contribution < 1.29 is 14.3 Å². The number of nitrogens with two attached hydrogens (primary N) is 1. The number of unbranched alkanes of at least 4 members (excludes halogenated alkanes) is 15. The molecule has 30 heavy (non-hydrogen) atoms. The van der Waals surface area contributed by atoms with Crippen molar-refractivity contribution in [1.29, 1.82) is 0 Å². The fourth-order valence-electron chi connectivity index (χ4n) is 3.55. The average molecular weight is 444 g/mol. The first-order valence-corrected chi connectivity index (χ1v) is 13.7. The first kappa shape index (κ1) is 29.5. The molecule has 2 N–H and O–H groups in total. The van der Waals surface area contributed by atoms with Crippen molar-refractivity contribution >= 4 is 22.8 Å². The van der Waals surface area contributed by atoms with Crippen molar-refractivity contribution in [3.05, 3.63) is 0 Å². The Morgan fingerprint density at radius 1 is 0.733 bits per heavy atom. The van der Waals surface area contributed by atoms with Crippen LogP contribution in [0.4, 0.5) is 0 Å². The van der Waals surface area contributed by atoms with Crippen molar-refractivity contribution in [2.45, 2.75) is 135 Å². The van der Waals surface area contributed by atoms with E-state index in [1.165, 1.54) is 102 Å². The third-order valence-electron chi connectivity index (χ3n) is 5.51. The molecule has 0 aromatic heterocycles. The quantitative estimate of drug-likeness (QED) is 0.142. The normalized spacial score (nSPS) is 12.1. The summed E-state index contributed by atoms with van der Waals surface area (Å²) in [6.45, 7) is 4.68. The molecular weight excluding hydrogens is 394 g/mol. The van der Waals surface area contributed by atoms with E-state index in [4.69, 9.17) is 10.5 Å². The molecule has 1 atom stereocenters. The topological polar surface area (TPSA) is 69.4 Å². The number of rotatable bonds is 22. The van der Waals surface area contributed by atoms with E-state index < -0.39 is 6.04 Å². The maximum atomic E-state index is 11.7. The molecule has 0 fully saturated rings. The van der Waals surface area contributed by atoms with Gasteiger partial charge < -0.3 is 10.5 Å². The lowest BCUT2D eigenvalue weighted by Gasteiger charge is -2.09. The number of carbonyl (C=O) groups is 2. The van der Waals surface area contributed by atoms with E-state index >= 15 is 0 Å². The Hall–Kier alpha value is -0.550. The molecule has 0 aromatic carbocycles. The highest BCUT2D eigenvalue weighted by Gasteiger charge is 2.15. The zero-order valence-electron chi connectivity index (χ0n) is 19.9. The second-order valence-corrected chi connectivity index (χ2v) is 9.69. The minimum atomic E-state index is -0.557. The number of esters is 1. The van der Waals surface area contributed by atoms with Gasteiger partial charge in [0.2, 0.25) is 5.12 Å². The molecule has 0 rings (SSSR count). The van der Waals surface area contributed by atoms with Crippen LogP contribution in [0.2, 0.25) is 0 Å². The standard InChI is InChI=1S/C25H49NO3S/c1-3-5-6-7-8-9-10-11-12-13-14-15-16-17-18-19-22-29-24(27)21-20-23(26)25(28)30-4-2/h23H,3-22,26H2,1-2H3/t23-/m0/s1. The summed E-state index contributed by atoms with van der Waals surface area (Å²) < 4.78 is 5.24. The summed E-state index contributed by atoms with van der Waals surface area (Å²) in [6, 6.07) is -0.557. The number of hydrogen-bond donors (Lipinski definition) is 1. The third kappa shape index (κ3) is 20.7. The Kier molecular flexibility index (Phi) is 22.7. The molecule has 0 heterocycles. The van der Waals surface area contributed by atoms with Gasteiger partial charge >= 0.3 is 5.97 Å². The lowest BCUT2D eigenvalue weighted by atomic mass is 10.0. The van der Waals surface area contributed by atoms with Crippen LogP contribution in [0.5, 0.6) is 0 Å². The largest absolute Gasteiger partial charge is 0.466 e. The van der Waals surface area contributed by atoms with Crippen LogP contribution < -0.4 is 5.73 Å². The predicted octanol–water partition coefficient (Wildman–Crippen LogP) is 7.18. The van der Waals surface area contributed by atoms with Gasteiger partial charge in [-0.25, -0.2) is 0 Å². The molecule has 0 aliphatic heterocycles. The Morgan fingerprint density at radius 2 is 1.17 bits per heavy atom. The number of carbonyl (C=O) groups excluding carboxylic acids is 2. The molecule has 0 bridgehead atoms. The first-order valence-electron chi connectivity index (χ1n) is 12.7. The van der Waals surface area contributed by atoms with Gasteiger partial charge in [0.25, 0.3) is 0 Å². The summed E-state index contributed by atoms with van der Waals surface area (Å²) in [7, 11) is 0. The van der Waals surface area contributed by atoms with Gasteiger partial charge in [-0.2, -0.15) is 0 Å². The fourth-order valence-corrected chi connectivity index (χ4v) is 4.17. The van der Waals surface area contributed by atoms with Crippen molar-refractivity contribution in [3.8, 4) is 0 Å². The Morgan fingerprint density at radius 3 is 1.60 bits per heavy atom. The van der Waals surface area contributed by atoms with Gasteiger partial charge in [0.15, 0.2) is 0 Å². The Bertz CT molecular complexity index is 404. The van der Waals surface area contributed by atoms with Crippen molar-refractivity contribution in [1.82, 2.24) is 0 Å². The van der Waals surface area contributed by atoms with Crippen LogP contribution >= 0.6 is 11.8 Å². The predicted molar refractivity (Wildman–Crippen MR) is 131 cm³/mol. The molecule has 178 valence electrons. The second kappa shape index (κ2) is 23.1. The van der Waals surface area contributed by atoms with Crippen LogP contribution in [-0.4, -0.2) is 29.5 Å². The van der Waals surface area contributed by atoms with Gasteiger partial charge in [-0.15, -0.1) is 0 Å². The molecular formula is C25H49NO3S. The Balaban J connectivity index is 3.25. The number of ether oxygens (including phenoxy) is 1. The van der Waals surface area contributed by atoms with Crippen molar-refractivity contribution in [2.24, 2.45) is 5.73 Å². The SMILES string of the molecule is CCCCCCCCCCCCCCCCCCOC(=O)CC[C@H](N)C(=O)SCC. The van der Waals surface area contributed by atoms with Crippen LogP contribution in [0.1, 0.15) is 129 Å². The van der Waals surface area contributed by atoms with Crippen molar-refractivity contribution in [2.75, 3.05) is 12.4 Å². The van der Waals surface area contributed by atoms with Gasteiger partial charge in [0.05, 0.1) is 12.6 Å². The highest BCUT2D eigenvalue weighted by atomic mass is 32.2. The molecule has 0 amide bonds. The number of thioether (sulfide) groups is 1. The van der Waals surface area contributed by atoms with E-state index in [1.54, 1.807) is 0 Å². The van der Waals surface area contributed by atoms with Crippen LogP contribution in [0.15, 0.2) is 0 Å². The van der Waals surface area contributed by atoms with E-state index in [9.17, 15) is 9.59 Å². The number of hydrogen-bond acceptors (Lipinski definition) is 5. The first-order chi connectivity index (χ1) is 14.6. The van der Waals surface area contributed by atoms with Crippen molar-refractivity contribution in [3.63, 3.8) is 0 Å². The van der Waals surface area contributed by atoms with Gasteiger partial charge in [0, 0.05) is 6.42 Å². The molecule has 5 heteroatoms. The smallest absolute Gasteiger partial charge is 0.305 e. The van der Waals surface area contributed by atoms with Crippen LogP contribution in [-0.2, 0) is 14.3 Å². The lowest BCUT2D eigenvalue weighted by molar-refractivity contribution is -0.144. The van der Waals surface area contributed by atoms with E-state index in [1.807, 2.05) is 6.92 Å². The van der Waals surface area contributed by atoms with Gasteiger partial charge in [-0.1, -0.05) is 122 Å². The summed E-state index contributed by atoms with van der Waals surface area (Å²) in [5, 5.41) is -0.0388. The second-order valence-electron chi connectivity index (χ2n) is 8.42. The van der Waals surface area contributed by atoms with Gasteiger partial charge in [0.1, 0.15) is 0 Å². The van der Waals surface area contributed by atoms with Crippen LogP contribution in [0, 0.1) is 0 Å². The molecule has 0 aliphatic carbocycles. The van der Waals surface area contributed by atoms with Crippen LogP contribution in [0.3, 0.4) is 0 Å². The van der Waals surface area contributed by atoms with E-state index in [0.717, 1.165) is 18.6 Å². The highest BCUT2D eigenvalue weighted by Crippen LogP contribution is 2.14. The summed E-state index contributed by atoms with van der Waals surface area (Å²) in [5.41, 5.74) is 5.77. The maximum absolute atomic E-state index is 11.7. The third-order valence-corrected chi connectivity index (χ3v) is 6.39. The zero-order chi connectivity index (χ0) is 22.3. The van der Waals surface area contributed by atoms with E-state index in [-0.39, 0.29) is 17.5 Å². The van der Waals surface area contributed by atoms with Gasteiger partial charge in [-0.05, 0) is 18.6 Å². The summed E-state index contributed by atoms with van der Waals surface area (Å²) in [5.74, 6) is 0.483. The molecule has 4 nitrogen and oxygen atoms in total. The zero-order valence-corrected chi connectivity index (χ0v) is 20.7. The average Bonchev–Trinajstić information content (AvgIpc) is 2.74. The fraction of sp³-hybridized carbons (Fsp3) is 0.920. The summed E-state index contributed by atoms with van der Waals surface area (Å²) >= 11 is 1.22. The minimum absolute atomic E-state index is 0.0388. The highest BCUT2D eigenvalue weighted by molar-refractivity contribution is 8.13. The molecule has 0 aromatic rings. The molecule has 0 radical (unpaired) electrons. The maximum Gasteiger partial charge on any atom is 0.305 e. The molecule has 0 unspecified atom stereocenters. The molecule has 0 spiro atoms. The summed E-state index contributed by atoms with van der Waals surface area (Å²) in [4.78, 5) is 23.3. The molecule has 0 saturated heterocycles. The van der Waals surface area contributed by atoms with E-state index in [0.29, 0.717) is 13.0 Å². The Labute approximate surface area is 190 Å². The van der Waals surface area contributed by atoms with E-state index in [2.05, 4.69) is 6.92 Å². The lowest BCUT2D eigenvalue weighted by Crippen LogP contribution is -2.29. The molecule has 0 aliphatic rings. The van der Waals surface area contributed by atoms with Crippen LogP contribution in [0.25, 0.3) is 0 Å². The minimum Gasteiger partial charge on any atom is -0.466 e. The van der Waals surface area contributed by atoms with Gasteiger partial charge in [-0.3, -0.25) is 9.59 Å². The molecule has 0 saturated carbocycles. The summed E-state index contributed by atoms with van der Waals surface area (Å²) in [6.07, 6.45) is 21.9. The monoisotopic (exact) mass is 443 g/mol.